The van der Waals surface area contributed by atoms with Gasteiger partial charge in [-0.25, -0.2) is 13.2 Å². The smallest absolute Gasteiger partial charge is 0.414 e. The van der Waals surface area contributed by atoms with E-state index in [4.69, 9.17) is 15.9 Å². The van der Waals surface area contributed by atoms with Gasteiger partial charge < -0.3 is 10.5 Å². The SMILES string of the molecule is CC(CCC(CS(=O)(=O)N1CCN(CC2CN(c3ccc(C(=N)N)cc3)C(=O)O2)CC1)C(C)CC(C)(C)C)CC(C)(C)C. The van der Waals surface area contributed by atoms with E-state index in [0.29, 0.717) is 62.4 Å². The molecule has 3 rings (SSSR count). The Bertz CT molecular complexity index is 1180. The van der Waals surface area contributed by atoms with Crippen molar-refractivity contribution in [2.45, 2.75) is 87.2 Å². The largest absolute Gasteiger partial charge is 0.443 e. The number of hydrogen-bond donors (Lipinski definition) is 2. The van der Waals surface area contributed by atoms with E-state index in [-0.39, 0.29) is 34.4 Å². The number of nitrogen functional groups attached to an aromatic ring is 1. The predicted molar refractivity (Wildman–Crippen MR) is 176 cm³/mol. The molecule has 43 heavy (non-hydrogen) atoms. The second-order valence-corrected chi connectivity index (χ2v) is 17.5. The van der Waals surface area contributed by atoms with Crippen molar-refractivity contribution >= 4 is 27.6 Å². The van der Waals surface area contributed by atoms with Crippen LogP contribution in [0.25, 0.3) is 0 Å². The third-order valence-corrected chi connectivity index (χ3v) is 10.7. The predicted octanol–water partition coefficient (Wildman–Crippen LogP) is 5.78. The van der Waals surface area contributed by atoms with E-state index < -0.39 is 16.1 Å². The molecule has 4 unspecified atom stereocenters. The molecule has 0 saturated carbocycles. The maximum atomic E-state index is 13.7. The first-order chi connectivity index (χ1) is 19.8. The summed E-state index contributed by atoms with van der Waals surface area (Å²) in [5, 5.41) is 7.55. The van der Waals surface area contributed by atoms with Gasteiger partial charge in [0.25, 0.3) is 0 Å². The van der Waals surface area contributed by atoms with E-state index in [0.717, 1.165) is 25.7 Å². The topological polar surface area (TPSA) is 120 Å². The Morgan fingerprint density at radius 1 is 0.977 bits per heavy atom. The van der Waals surface area contributed by atoms with Crippen LogP contribution in [0.4, 0.5) is 10.5 Å². The van der Waals surface area contributed by atoms with Gasteiger partial charge in [-0.15, -0.1) is 0 Å². The van der Waals surface area contributed by atoms with Crippen molar-refractivity contribution in [2.75, 3.05) is 49.9 Å². The summed E-state index contributed by atoms with van der Waals surface area (Å²) < 4.78 is 34.7. The van der Waals surface area contributed by atoms with Crippen molar-refractivity contribution in [3.8, 4) is 0 Å². The molecule has 0 spiro atoms. The summed E-state index contributed by atoms with van der Waals surface area (Å²) in [6, 6.07) is 6.98. The highest BCUT2D eigenvalue weighted by atomic mass is 32.2. The minimum atomic E-state index is -3.39. The molecule has 2 heterocycles. The zero-order valence-corrected chi connectivity index (χ0v) is 28.7. The number of nitrogens with zero attached hydrogens (tertiary/aromatic N) is 3. The lowest BCUT2D eigenvalue weighted by Gasteiger charge is -2.36. The minimum Gasteiger partial charge on any atom is -0.443 e. The molecule has 9 nitrogen and oxygen atoms in total. The highest BCUT2D eigenvalue weighted by Crippen LogP contribution is 2.35. The van der Waals surface area contributed by atoms with Gasteiger partial charge in [0.15, 0.2) is 0 Å². The Morgan fingerprint density at radius 3 is 2.09 bits per heavy atom. The van der Waals surface area contributed by atoms with Crippen molar-refractivity contribution in [3.63, 3.8) is 0 Å². The molecule has 2 fully saturated rings. The standard InChI is InChI=1S/C33H57N5O4S/c1-24(19-32(3,4)5)9-10-27(25(2)20-33(6,7)8)23-43(40,41)37-17-15-36(16-18-37)21-29-22-38(31(39)42-29)28-13-11-26(12-14-28)30(34)35/h11-14,24-25,27,29H,9-10,15-23H2,1-8H3,(H3,34,35). The summed E-state index contributed by atoms with van der Waals surface area (Å²) in [7, 11) is -3.39. The first kappa shape index (κ1) is 35.3. The lowest BCUT2D eigenvalue weighted by molar-refractivity contribution is 0.0935. The molecule has 1 amide bonds. The van der Waals surface area contributed by atoms with Crippen LogP contribution in [0.3, 0.4) is 0 Å². The Labute approximate surface area is 261 Å². The van der Waals surface area contributed by atoms with Crippen LogP contribution in [0.15, 0.2) is 24.3 Å². The van der Waals surface area contributed by atoms with Gasteiger partial charge in [0.2, 0.25) is 10.0 Å². The number of carbonyl (C=O) groups excluding carboxylic acids is 1. The van der Waals surface area contributed by atoms with E-state index in [9.17, 15) is 13.2 Å². The van der Waals surface area contributed by atoms with Crippen molar-refractivity contribution in [1.82, 2.24) is 9.21 Å². The zero-order valence-electron chi connectivity index (χ0n) is 27.9. The molecule has 4 atom stereocenters. The Kier molecular flexibility index (Phi) is 11.7. The second-order valence-electron chi connectivity index (χ2n) is 15.5. The van der Waals surface area contributed by atoms with Crippen LogP contribution in [-0.4, -0.2) is 80.7 Å². The summed E-state index contributed by atoms with van der Waals surface area (Å²) in [5.41, 5.74) is 7.27. The number of sulfonamides is 1. The fourth-order valence-electron chi connectivity index (χ4n) is 6.81. The molecule has 0 bridgehead atoms. The number of cyclic esters (lactones) is 1. The third-order valence-electron chi connectivity index (χ3n) is 8.71. The number of hydrogen-bond acceptors (Lipinski definition) is 6. The van der Waals surface area contributed by atoms with E-state index in [2.05, 4.69) is 60.3 Å². The van der Waals surface area contributed by atoms with Crippen molar-refractivity contribution in [3.05, 3.63) is 29.8 Å². The van der Waals surface area contributed by atoms with Gasteiger partial charge >= 0.3 is 6.09 Å². The normalized spacial score (nSPS) is 21.4. The van der Waals surface area contributed by atoms with Gasteiger partial charge in [-0.05, 0) is 72.1 Å². The average Bonchev–Trinajstić information content (AvgIpc) is 3.24. The number of amidine groups is 1. The fraction of sp³-hybridized carbons (Fsp3) is 0.758. The quantitative estimate of drug-likeness (QED) is 0.213. The van der Waals surface area contributed by atoms with Crippen LogP contribution < -0.4 is 10.6 Å². The van der Waals surface area contributed by atoms with Crippen molar-refractivity contribution < 1.29 is 17.9 Å². The highest BCUT2D eigenvalue weighted by molar-refractivity contribution is 7.89. The van der Waals surface area contributed by atoms with E-state index in [1.54, 1.807) is 33.5 Å². The number of nitrogens with two attached hydrogens (primary N) is 1. The van der Waals surface area contributed by atoms with Gasteiger partial charge in [0, 0.05) is 44.0 Å². The Hall–Kier alpha value is -2.17. The number of carbonyl (C=O) groups is 1. The number of ether oxygens (including phenoxy) is 1. The highest BCUT2D eigenvalue weighted by Gasteiger charge is 2.36. The summed E-state index contributed by atoms with van der Waals surface area (Å²) >= 11 is 0. The van der Waals surface area contributed by atoms with Gasteiger partial charge in [-0.3, -0.25) is 15.2 Å². The molecular formula is C33H57N5O4S. The minimum absolute atomic E-state index is 0.0183. The van der Waals surface area contributed by atoms with Gasteiger partial charge in [-0.1, -0.05) is 61.8 Å². The average molecular weight is 620 g/mol. The van der Waals surface area contributed by atoms with Gasteiger partial charge in [0.1, 0.15) is 11.9 Å². The van der Waals surface area contributed by atoms with Crippen molar-refractivity contribution in [1.29, 1.82) is 5.41 Å². The summed E-state index contributed by atoms with van der Waals surface area (Å²) in [6.45, 7) is 21.2. The maximum Gasteiger partial charge on any atom is 0.414 e. The molecular weight excluding hydrogens is 562 g/mol. The summed E-state index contributed by atoms with van der Waals surface area (Å²) in [4.78, 5) is 16.4. The molecule has 2 saturated heterocycles. The van der Waals surface area contributed by atoms with E-state index in [1.807, 2.05) is 0 Å². The molecule has 1 aromatic carbocycles. The molecule has 0 aromatic heterocycles. The van der Waals surface area contributed by atoms with E-state index >= 15 is 0 Å². The molecule has 3 N–H and O–H groups in total. The van der Waals surface area contributed by atoms with Crippen molar-refractivity contribution in [2.24, 2.45) is 34.3 Å². The fourth-order valence-corrected chi connectivity index (χ4v) is 8.78. The van der Waals surface area contributed by atoms with Crippen LogP contribution in [-0.2, 0) is 14.8 Å². The molecule has 10 heteroatoms. The number of anilines is 1. The maximum absolute atomic E-state index is 13.7. The van der Waals surface area contributed by atoms with E-state index in [1.165, 1.54) is 0 Å². The summed E-state index contributed by atoms with van der Waals surface area (Å²) in [6.07, 6.45) is 3.45. The number of benzene rings is 1. The molecule has 2 aliphatic heterocycles. The zero-order chi connectivity index (χ0) is 32.2. The Balaban J connectivity index is 1.55. The van der Waals surface area contributed by atoms with Crippen LogP contribution >= 0.6 is 0 Å². The van der Waals surface area contributed by atoms with Crippen LogP contribution in [0.5, 0.6) is 0 Å². The third kappa shape index (κ3) is 11.0. The number of piperazine rings is 1. The first-order valence-corrected chi connectivity index (χ1v) is 17.6. The number of amides is 1. The molecule has 244 valence electrons. The lowest BCUT2D eigenvalue weighted by Crippen LogP contribution is -2.51. The van der Waals surface area contributed by atoms with Crippen LogP contribution in [0.1, 0.15) is 86.6 Å². The summed E-state index contributed by atoms with van der Waals surface area (Å²) in [5.74, 6) is 1.23. The lowest BCUT2D eigenvalue weighted by atomic mass is 9.77. The molecule has 2 aliphatic rings. The second kappa shape index (κ2) is 14.3. The van der Waals surface area contributed by atoms with Crippen LogP contribution in [0, 0.1) is 34.0 Å². The monoisotopic (exact) mass is 619 g/mol. The number of rotatable bonds is 13. The molecule has 1 aromatic rings. The number of nitrogens with one attached hydrogen (secondary N) is 1. The molecule has 0 aliphatic carbocycles. The molecule has 0 radical (unpaired) electrons. The van der Waals surface area contributed by atoms with Crippen LogP contribution in [0.2, 0.25) is 0 Å². The van der Waals surface area contributed by atoms with Gasteiger partial charge in [0.05, 0.1) is 12.3 Å². The Morgan fingerprint density at radius 2 is 1.56 bits per heavy atom. The first-order valence-electron chi connectivity index (χ1n) is 16.0. The van der Waals surface area contributed by atoms with Gasteiger partial charge in [-0.2, -0.15) is 4.31 Å².